The lowest BCUT2D eigenvalue weighted by Gasteiger charge is -2.11. The molecule has 0 saturated heterocycles. The lowest BCUT2D eigenvalue weighted by Crippen LogP contribution is -2.12. The Morgan fingerprint density at radius 1 is 1.11 bits per heavy atom. The quantitative estimate of drug-likeness (QED) is 0.714. The van der Waals surface area contributed by atoms with E-state index in [2.05, 4.69) is 20.1 Å². The highest BCUT2D eigenvalue weighted by Crippen LogP contribution is 2.31. The van der Waals surface area contributed by atoms with Crippen LogP contribution >= 0.6 is 11.6 Å². The van der Waals surface area contributed by atoms with Gasteiger partial charge in [-0.05, 0) is 55.3 Å². The molecule has 140 valence electrons. The molecule has 0 aliphatic carbocycles. The van der Waals surface area contributed by atoms with Crippen molar-refractivity contribution in [3.05, 3.63) is 64.4 Å². The lowest BCUT2D eigenvalue weighted by molar-refractivity contribution is 0.102. The number of benzene rings is 2. The van der Waals surface area contributed by atoms with Gasteiger partial charge in [-0.15, -0.1) is 10.2 Å². The predicted molar refractivity (Wildman–Crippen MR) is 107 cm³/mol. The number of hydrogen-bond acceptors (Lipinski definition) is 4. The summed E-state index contributed by atoms with van der Waals surface area (Å²) in [5, 5.41) is 21.0. The molecule has 0 bridgehead atoms. The van der Waals surface area contributed by atoms with Crippen LogP contribution in [0.15, 0.2) is 42.5 Å². The molecule has 0 unspecified atom stereocenters. The minimum atomic E-state index is -0.252. The van der Waals surface area contributed by atoms with Crippen LogP contribution in [-0.2, 0) is 13.0 Å². The highest BCUT2D eigenvalue weighted by Gasteiger charge is 2.18. The molecule has 6 nitrogen and oxygen atoms in total. The van der Waals surface area contributed by atoms with Gasteiger partial charge in [0.15, 0.2) is 5.82 Å². The number of rotatable bonds is 3. The molecule has 1 aromatic heterocycles. The summed E-state index contributed by atoms with van der Waals surface area (Å²) in [5.74, 6) is 1.46. The van der Waals surface area contributed by atoms with Gasteiger partial charge in [-0.3, -0.25) is 4.79 Å². The number of anilines is 1. The van der Waals surface area contributed by atoms with Crippen molar-refractivity contribution in [1.82, 2.24) is 14.8 Å². The highest BCUT2D eigenvalue weighted by molar-refractivity contribution is 6.33. The van der Waals surface area contributed by atoms with E-state index >= 15 is 0 Å². The number of nitrogens with one attached hydrogen (secondary N) is 1. The summed E-state index contributed by atoms with van der Waals surface area (Å²) in [5.41, 5.74) is 2.37. The summed E-state index contributed by atoms with van der Waals surface area (Å²) >= 11 is 6.43. The Balaban J connectivity index is 1.62. The molecule has 0 fully saturated rings. The molecule has 7 heteroatoms. The van der Waals surface area contributed by atoms with Crippen LogP contribution in [0, 0.1) is 11.3 Å². The Labute approximate surface area is 167 Å². The van der Waals surface area contributed by atoms with Gasteiger partial charge < -0.3 is 9.88 Å². The summed E-state index contributed by atoms with van der Waals surface area (Å²) < 4.78 is 2.13. The van der Waals surface area contributed by atoms with Crippen molar-refractivity contribution in [2.75, 3.05) is 5.32 Å². The van der Waals surface area contributed by atoms with Crippen molar-refractivity contribution in [3.8, 4) is 17.5 Å². The van der Waals surface area contributed by atoms with E-state index in [1.165, 1.54) is 6.42 Å². The molecule has 2 heterocycles. The largest absolute Gasteiger partial charge is 0.322 e. The standard InChI is InChI=1S/C21H18ClN5O/c22-18-10-9-16(24-21(28)15-7-5-14(13-23)6-8-15)12-17(18)20-26-25-19-4-2-1-3-11-27(19)20/h5-10,12H,1-4,11H2,(H,24,28). The number of aromatic nitrogens is 3. The van der Waals surface area contributed by atoms with E-state index in [1.807, 2.05) is 12.1 Å². The van der Waals surface area contributed by atoms with Gasteiger partial charge in [0.1, 0.15) is 5.82 Å². The van der Waals surface area contributed by atoms with Crippen molar-refractivity contribution in [2.24, 2.45) is 0 Å². The minimum absolute atomic E-state index is 0.252. The monoisotopic (exact) mass is 391 g/mol. The van der Waals surface area contributed by atoms with Crippen molar-refractivity contribution in [1.29, 1.82) is 5.26 Å². The maximum absolute atomic E-state index is 12.5. The average molecular weight is 392 g/mol. The maximum atomic E-state index is 12.5. The molecule has 3 aromatic rings. The Kier molecular flexibility index (Phi) is 5.09. The fraction of sp³-hybridized carbons (Fsp3) is 0.238. The normalized spacial score (nSPS) is 13.3. The van der Waals surface area contributed by atoms with Gasteiger partial charge in [-0.1, -0.05) is 18.0 Å². The summed E-state index contributed by atoms with van der Waals surface area (Å²) in [4.78, 5) is 12.5. The number of nitriles is 1. The van der Waals surface area contributed by atoms with Crippen LogP contribution in [0.4, 0.5) is 5.69 Å². The van der Waals surface area contributed by atoms with E-state index in [4.69, 9.17) is 16.9 Å². The number of halogens is 1. The van der Waals surface area contributed by atoms with Crippen molar-refractivity contribution in [2.45, 2.75) is 32.2 Å². The van der Waals surface area contributed by atoms with Crippen LogP contribution in [0.25, 0.3) is 11.4 Å². The van der Waals surface area contributed by atoms with Gasteiger partial charge in [0, 0.05) is 29.8 Å². The molecule has 0 atom stereocenters. The molecule has 1 amide bonds. The molecule has 2 aromatic carbocycles. The molecule has 1 N–H and O–H groups in total. The van der Waals surface area contributed by atoms with Crippen LogP contribution in [0.1, 0.15) is 41.0 Å². The summed E-state index contributed by atoms with van der Waals surface area (Å²) in [7, 11) is 0. The minimum Gasteiger partial charge on any atom is -0.322 e. The van der Waals surface area contributed by atoms with E-state index in [1.54, 1.807) is 36.4 Å². The van der Waals surface area contributed by atoms with E-state index in [9.17, 15) is 4.79 Å². The summed E-state index contributed by atoms with van der Waals surface area (Å²) in [6.45, 7) is 0.871. The van der Waals surface area contributed by atoms with Gasteiger partial charge in [-0.25, -0.2) is 0 Å². The van der Waals surface area contributed by atoms with Crippen molar-refractivity contribution >= 4 is 23.2 Å². The van der Waals surface area contributed by atoms with E-state index in [0.29, 0.717) is 21.8 Å². The van der Waals surface area contributed by atoms with E-state index in [0.717, 1.165) is 43.0 Å². The maximum Gasteiger partial charge on any atom is 0.255 e. The van der Waals surface area contributed by atoms with Gasteiger partial charge in [-0.2, -0.15) is 5.26 Å². The first kappa shape index (κ1) is 18.2. The molecule has 0 spiro atoms. The van der Waals surface area contributed by atoms with Crippen LogP contribution in [0.2, 0.25) is 5.02 Å². The zero-order chi connectivity index (χ0) is 19.5. The second-order valence-electron chi connectivity index (χ2n) is 6.74. The van der Waals surface area contributed by atoms with Crippen LogP contribution in [0.5, 0.6) is 0 Å². The predicted octanol–water partition coefficient (Wildman–Crippen LogP) is 4.45. The number of fused-ring (bicyclic) bond motifs is 1. The fourth-order valence-electron chi connectivity index (χ4n) is 3.36. The SMILES string of the molecule is N#Cc1ccc(C(=O)Nc2ccc(Cl)c(-c3nnc4n3CCCCC4)c2)cc1. The molecule has 0 radical (unpaired) electrons. The Morgan fingerprint density at radius 2 is 1.93 bits per heavy atom. The third-order valence-corrected chi connectivity index (χ3v) is 5.18. The fourth-order valence-corrected chi connectivity index (χ4v) is 3.56. The first-order chi connectivity index (χ1) is 13.7. The number of carbonyl (C=O) groups excluding carboxylic acids is 1. The molecule has 0 saturated carbocycles. The van der Waals surface area contributed by atoms with Gasteiger partial charge in [0.05, 0.1) is 16.7 Å². The number of hydrogen-bond donors (Lipinski definition) is 1. The third-order valence-electron chi connectivity index (χ3n) is 4.85. The second-order valence-corrected chi connectivity index (χ2v) is 7.15. The molecule has 4 rings (SSSR count). The van der Waals surface area contributed by atoms with Gasteiger partial charge >= 0.3 is 0 Å². The number of nitrogens with zero attached hydrogens (tertiary/aromatic N) is 4. The van der Waals surface area contributed by atoms with Crippen LogP contribution in [0.3, 0.4) is 0 Å². The Hall–Kier alpha value is -3.17. The van der Waals surface area contributed by atoms with E-state index in [-0.39, 0.29) is 5.91 Å². The molecule has 1 aliphatic heterocycles. The van der Waals surface area contributed by atoms with E-state index < -0.39 is 0 Å². The van der Waals surface area contributed by atoms with Crippen molar-refractivity contribution < 1.29 is 4.79 Å². The molecular weight excluding hydrogens is 374 g/mol. The zero-order valence-corrected chi connectivity index (χ0v) is 15.9. The molecule has 28 heavy (non-hydrogen) atoms. The Morgan fingerprint density at radius 3 is 2.71 bits per heavy atom. The number of carbonyl (C=O) groups is 1. The second kappa shape index (κ2) is 7.83. The summed E-state index contributed by atoms with van der Waals surface area (Å²) in [6.07, 6.45) is 4.30. The van der Waals surface area contributed by atoms with Crippen LogP contribution < -0.4 is 5.32 Å². The topological polar surface area (TPSA) is 83.6 Å². The number of amides is 1. The van der Waals surface area contributed by atoms with Gasteiger partial charge in [0.25, 0.3) is 5.91 Å². The van der Waals surface area contributed by atoms with Crippen LogP contribution in [-0.4, -0.2) is 20.7 Å². The highest BCUT2D eigenvalue weighted by atomic mass is 35.5. The van der Waals surface area contributed by atoms with Crippen molar-refractivity contribution in [3.63, 3.8) is 0 Å². The van der Waals surface area contributed by atoms with Gasteiger partial charge in [0.2, 0.25) is 0 Å². The third kappa shape index (κ3) is 3.62. The average Bonchev–Trinajstić information content (AvgIpc) is 2.97. The lowest BCUT2D eigenvalue weighted by atomic mass is 10.1. The first-order valence-electron chi connectivity index (χ1n) is 9.19. The first-order valence-corrected chi connectivity index (χ1v) is 9.57. The zero-order valence-electron chi connectivity index (χ0n) is 15.2. The number of aryl methyl sites for hydroxylation is 1. The summed E-state index contributed by atoms with van der Waals surface area (Å²) in [6, 6.07) is 13.9. The molecular formula is C21H18ClN5O. The Bertz CT molecular complexity index is 1070. The molecule has 1 aliphatic rings. The smallest absolute Gasteiger partial charge is 0.255 e.